The van der Waals surface area contributed by atoms with Crippen LogP contribution >= 0.6 is 24.0 Å². The van der Waals surface area contributed by atoms with Crippen LogP contribution in [0.25, 0.3) is 0 Å². The normalized spacial score (nSPS) is 12.3. The third kappa shape index (κ3) is 7.63. The zero-order chi connectivity index (χ0) is 21.9. The Hall–Kier alpha value is -2.39. The summed E-state index contributed by atoms with van der Waals surface area (Å²) in [6.07, 6.45) is 5.63. The standard InChI is InChI=1S/C25H34N6.HI/c1-4-31(5-2)24(23-12-7-6-8-13-23)18-29-25(26-3)28-17-21-10-9-11-22(16-21)19-30-15-14-27-20-30;/h6-16,20,24H,4-5,17-19H2,1-3H3,(H2,26,28,29);1H. The van der Waals surface area contributed by atoms with Gasteiger partial charge in [0.05, 0.1) is 12.4 Å². The van der Waals surface area contributed by atoms with E-state index < -0.39 is 0 Å². The molecular weight excluding hydrogens is 511 g/mol. The van der Waals surface area contributed by atoms with Crippen LogP contribution in [0.15, 0.2) is 78.3 Å². The maximum atomic E-state index is 4.43. The molecule has 1 heterocycles. The summed E-state index contributed by atoms with van der Waals surface area (Å²) in [6.45, 7) is 8.78. The number of nitrogens with zero attached hydrogens (tertiary/aromatic N) is 4. The van der Waals surface area contributed by atoms with E-state index in [0.29, 0.717) is 6.04 Å². The van der Waals surface area contributed by atoms with Gasteiger partial charge in [-0.2, -0.15) is 0 Å². The van der Waals surface area contributed by atoms with Crippen molar-refractivity contribution < 1.29 is 0 Å². The monoisotopic (exact) mass is 546 g/mol. The van der Waals surface area contributed by atoms with Gasteiger partial charge in [0.2, 0.25) is 0 Å². The van der Waals surface area contributed by atoms with Crippen LogP contribution in [-0.4, -0.2) is 47.1 Å². The van der Waals surface area contributed by atoms with E-state index in [1.165, 1.54) is 16.7 Å². The van der Waals surface area contributed by atoms with Gasteiger partial charge in [-0.15, -0.1) is 24.0 Å². The maximum absolute atomic E-state index is 4.43. The highest BCUT2D eigenvalue weighted by Gasteiger charge is 2.18. The topological polar surface area (TPSA) is 57.5 Å². The molecule has 0 saturated heterocycles. The minimum Gasteiger partial charge on any atom is -0.354 e. The van der Waals surface area contributed by atoms with E-state index in [1.807, 2.05) is 25.8 Å². The predicted octanol–water partition coefficient (Wildman–Crippen LogP) is 4.30. The first-order chi connectivity index (χ1) is 15.2. The van der Waals surface area contributed by atoms with Gasteiger partial charge in [-0.05, 0) is 29.8 Å². The van der Waals surface area contributed by atoms with Crippen molar-refractivity contribution in [2.24, 2.45) is 4.99 Å². The highest BCUT2D eigenvalue weighted by molar-refractivity contribution is 14.0. The van der Waals surface area contributed by atoms with E-state index in [1.54, 1.807) is 0 Å². The van der Waals surface area contributed by atoms with Gasteiger partial charge in [0.25, 0.3) is 0 Å². The summed E-state index contributed by atoms with van der Waals surface area (Å²) in [5.41, 5.74) is 3.80. The summed E-state index contributed by atoms with van der Waals surface area (Å²) >= 11 is 0. The molecule has 172 valence electrons. The first kappa shape index (κ1) is 25.9. The van der Waals surface area contributed by atoms with Crippen molar-refractivity contribution in [3.05, 3.63) is 90.0 Å². The fourth-order valence-corrected chi connectivity index (χ4v) is 3.83. The molecule has 7 heteroatoms. The zero-order valence-electron chi connectivity index (χ0n) is 19.2. The fraction of sp³-hybridized carbons (Fsp3) is 0.360. The van der Waals surface area contributed by atoms with Gasteiger partial charge in [-0.25, -0.2) is 4.98 Å². The fourth-order valence-electron chi connectivity index (χ4n) is 3.83. The lowest BCUT2D eigenvalue weighted by Gasteiger charge is -2.30. The van der Waals surface area contributed by atoms with Crippen LogP contribution in [0.4, 0.5) is 0 Å². The molecule has 3 aromatic rings. The van der Waals surface area contributed by atoms with Crippen molar-refractivity contribution in [1.29, 1.82) is 0 Å². The second-order valence-electron chi connectivity index (χ2n) is 7.51. The van der Waals surface area contributed by atoms with Crippen LogP contribution < -0.4 is 10.6 Å². The van der Waals surface area contributed by atoms with Crippen LogP contribution in [0.1, 0.15) is 36.6 Å². The second kappa shape index (κ2) is 13.9. The lowest BCUT2D eigenvalue weighted by Crippen LogP contribution is -2.43. The first-order valence-electron chi connectivity index (χ1n) is 11.0. The van der Waals surface area contributed by atoms with Gasteiger partial charge < -0.3 is 15.2 Å². The number of hydrogen-bond donors (Lipinski definition) is 2. The van der Waals surface area contributed by atoms with Crippen molar-refractivity contribution in [2.45, 2.75) is 33.0 Å². The average Bonchev–Trinajstić information content (AvgIpc) is 3.32. The van der Waals surface area contributed by atoms with Crippen molar-refractivity contribution in [3.63, 3.8) is 0 Å². The third-order valence-electron chi connectivity index (χ3n) is 5.50. The summed E-state index contributed by atoms with van der Waals surface area (Å²) in [4.78, 5) is 11.0. The molecule has 0 bridgehead atoms. The number of hydrogen-bond acceptors (Lipinski definition) is 3. The second-order valence-corrected chi connectivity index (χ2v) is 7.51. The molecule has 0 aliphatic carbocycles. The van der Waals surface area contributed by atoms with Gasteiger partial charge in [-0.1, -0.05) is 68.4 Å². The molecule has 6 nitrogen and oxygen atoms in total. The molecule has 0 aliphatic heterocycles. The quantitative estimate of drug-likeness (QED) is 0.226. The summed E-state index contributed by atoms with van der Waals surface area (Å²) in [5.74, 6) is 0.813. The van der Waals surface area contributed by atoms with Gasteiger partial charge in [0, 0.05) is 39.1 Å². The van der Waals surface area contributed by atoms with E-state index in [2.05, 4.69) is 98.5 Å². The van der Waals surface area contributed by atoms with Crippen molar-refractivity contribution >= 4 is 29.9 Å². The van der Waals surface area contributed by atoms with E-state index in [0.717, 1.165) is 38.7 Å². The minimum atomic E-state index is 0. The third-order valence-corrected chi connectivity index (χ3v) is 5.50. The summed E-state index contributed by atoms with van der Waals surface area (Å²) in [7, 11) is 1.82. The molecule has 0 fully saturated rings. The molecule has 0 spiro atoms. The Bertz CT molecular complexity index is 923. The largest absolute Gasteiger partial charge is 0.354 e. The highest BCUT2D eigenvalue weighted by atomic mass is 127. The molecule has 1 aromatic heterocycles. The van der Waals surface area contributed by atoms with E-state index in [9.17, 15) is 0 Å². The Balaban J connectivity index is 0.00000363. The van der Waals surface area contributed by atoms with Gasteiger partial charge in [0.1, 0.15) is 0 Å². The van der Waals surface area contributed by atoms with Crippen molar-refractivity contribution in [2.75, 3.05) is 26.7 Å². The Morgan fingerprint density at radius 3 is 2.44 bits per heavy atom. The number of halogens is 1. The van der Waals surface area contributed by atoms with Crippen LogP contribution in [0.5, 0.6) is 0 Å². The Labute approximate surface area is 209 Å². The van der Waals surface area contributed by atoms with Gasteiger partial charge in [0.15, 0.2) is 5.96 Å². The zero-order valence-corrected chi connectivity index (χ0v) is 21.6. The number of nitrogens with one attached hydrogen (secondary N) is 2. The van der Waals surface area contributed by atoms with Crippen LogP contribution in [-0.2, 0) is 13.1 Å². The van der Waals surface area contributed by atoms with Crippen LogP contribution in [0, 0.1) is 0 Å². The van der Waals surface area contributed by atoms with E-state index in [4.69, 9.17) is 0 Å². The van der Waals surface area contributed by atoms with E-state index >= 15 is 0 Å². The molecule has 32 heavy (non-hydrogen) atoms. The van der Waals surface area contributed by atoms with Crippen molar-refractivity contribution in [3.8, 4) is 0 Å². The Morgan fingerprint density at radius 2 is 1.78 bits per heavy atom. The number of aromatic nitrogens is 2. The highest BCUT2D eigenvalue weighted by Crippen LogP contribution is 2.19. The summed E-state index contributed by atoms with van der Waals surface area (Å²) < 4.78 is 2.07. The Morgan fingerprint density at radius 1 is 1.03 bits per heavy atom. The molecule has 3 rings (SSSR count). The first-order valence-corrected chi connectivity index (χ1v) is 11.0. The van der Waals surface area contributed by atoms with Crippen LogP contribution in [0.3, 0.4) is 0 Å². The number of aliphatic imine (C=N–C) groups is 1. The maximum Gasteiger partial charge on any atom is 0.191 e. The smallest absolute Gasteiger partial charge is 0.191 e. The SMILES string of the molecule is CCN(CC)C(CNC(=NC)NCc1cccc(Cn2ccnc2)c1)c1ccccc1.I. The number of benzene rings is 2. The molecule has 0 amide bonds. The van der Waals surface area contributed by atoms with Gasteiger partial charge >= 0.3 is 0 Å². The summed E-state index contributed by atoms with van der Waals surface area (Å²) in [5, 5.41) is 6.98. The molecular formula is C25H35IN6. The van der Waals surface area contributed by atoms with Gasteiger partial charge in [-0.3, -0.25) is 9.89 Å². The Kier molecular flexibility index (Phi) is 11.2. The lowest BCUT2D eigenvalue weighted by atomic mass is 10.1. The lowest BCUT2D eigenvalue weighted by molar-refractivity contribution is 0.219. The predicted molar refractivity (Wildman–Crippen MR) is 143 cm³/mol. The number of likely N-dealkylation sites (N-methyl/N-ethyl adjacent to an activating group) is 1. The molecule has 1 unspecified atom stereocenters. The van der Waals surface area contributed by atoms with Crippen LogP contribution in [0.2, 0.25) is 0 Å². The minimum absolute atomic E-state index is 0. The molecule has 0 saturated carbocycles. The average molecular weight is 547 g/mol. The summed E-state index contributed by atoms with van der Waals surface area (Å²) in [6, 6.07) is 19.6. The molecule has 2 aromatic carbocycles. The molecule has 0 aliphatic rings. The number of guanidine groups is 1. The molecule has 1 atom stereocenters. The van der Waals surface area contributed by atoms with Crippen molar-refractivity contribution in [1.82, 2.24) is 25.1 Å². The number of imidazole rings is 1. The number of rotatable bonds is 10. The van der Waals surface area contributed by atoms with E-state index in [-0.39, 0.29) is 24.0 Å². The molecule has 0 radical (unpaired) electrons. The molecule has 2 N–H and O–H groups in total.